The molecular formula is C60H115NO5. The molecule has 6 nitrogen and oxygen atoms in total. The van der Waals surface area contributed by atoms with E-state index in [0.717, 1.165) is 51.4 Å². The Bertz CT molecular complexity index is 1040. The first-order valence-electron chi connectivity index (χ1n) is 29.6. The number of unbranched alkanes of at least 4 members (excludes halogenated alkanes) is 39. The van der Waals surface area contributed by atoms with Crippen LogP contribution in [0.5, 0.6) is 0 Å². The number of ether oxygens (including phenoxy) is 1. The lowest BCUT2D eigenvalue weighted by atomic mass is 10.0. The number of hydrogen-bond donors (Lipinski definition) is 3. The lowest BCUT2D eigenvalue weighted by Gasteiger charge is -2.24. The van der Waals surface area contributed by atoms with Crippen molar-refractivity contribution in [1.82, 2.24) is 5.32 Å². The summed E-state index contributed by atoms with van der Waals surface area (Å²) in [6.45, 7) is 6.50. The summed E-state index contributed by atoms with van der Waals surface area (Å²) in [5.41, 5.74) is 0. The lowest BCUT2D eigenvalue weighted by Crippen LogP contribution is -2.46. The summed E-state index contributed by atoms with van der Waals surface area (Å²) in [5.74, 6) is -0.466. The Balaban J connectivity index is 4.53. The van der Waals surface area contributed by atoms with Crippen molar-refractivity contribution in [3.05, 3.63) is 24.3 Å². The normalized spacial score (nSPS) is 13.2. The van der Waals surface area contributed by atoms with E-state index >= 15 is 0 Å². The largest absolute Gasteiger partial charge is 0.462 e. The molecule has 0 heterocycles. The lowest BCUT2D eigenvalue weighted by molar-refractivity contribution is -0.151. The van der Waals surface area contributed by atoms with Crippen LogP contribution in [0.3, 0.4) is 0 Å². The van der Waals surface area contributed by atoms with Gasteiger partial charge in [0.15, 0.2) is 0 Å². The van der Waals surface area contributed by atoms with Crippen molar-refractivity contribution >= 4 is 11.9 Å². The first-order valence-corrected chi connectivity index (χ1v) is 29.6. The number of rotatable bonds is 54. The first kappa shape index (κ1) is 64.3. The standard InChI is InChI=1S/C60H115NO5/c1-4-7-10-13-16-19-22-25-28-29-32-33-36-39-42-45-48-51-56(66-60(65)53-50-47-44-41-38-35-31-27-24-21-18-15-12-9-6-3)54-59(64)61-57(55-62)58(63)52-49-46-43-40-37-34-30-26-23-20-17-14-11-8-5-2/h18,21,24,27,56-58,62-63H,4-17,19-20,22-23,25-26,28-55H2,1-3H3,(H,61,64)/b21-18+,27-24+. The molecule has 0 aliphatic carbocycles. The predicted octanol–water partition coefficient (Wildman–Crippen LogP) is 18.2. The highest BCUT2D eigenvalue weighted by molar-refractivity contribution is 5.77. The average Bonchev–Trinajstić information content (AvgIpc) is 3.31. The molecule has 0 saturated carbocycles. The number of nitrogens with one attached hydrogen (secondary N) is 1. The van der Waals surface area contributed by atoms with Crippen molar-refractivity contribution in [2.45, 2.75) is 341 Å². The molecule has 0 aliphatic heterocycles. The fourth-order valence-corrected chi connectivity index (χ4v) is 9.31. The third-order valence-electron chi connectivity index (χ3n) is 13.8. The van der Waals surface area contributed by atoms with Crippen molar-refractivity contribution in [1.29, 1.82) is 0 Å². The van der Waals surface area contributed by atoms with Crippen LogP contribution in [0.15, 0.2) is 24.3 Å². The molecule has 6 heteroatoms. The predicted molar refractivity (Wildman–Crippen MR) is 287 cm³/mol. The Morgan fingerprint density at radius 2 is 0.758 bits per heavy atom. The van der Waals surface area contributed by atoms with E-state index in [0.29, 0.717) is 19.3 Å². The van der Waals surface area contributed by atoms with Gasteiger partial charge in [-0.3, -0.25) is 9.59 Å². The van der Waals surface area contributed by atoms with Crippen molar-refractivity contribution < 1.29 is 24.5 Å². The summed E-state index contributed by atoms with van der Waals surface area (Å²) in [4.78, 5) is 26.3. The fourth-order valence-electron chi connectivity index (χ4n) is 9.31. The molecule has 0 aromatic carbocycles. The third-order valence-corrected chi connectivity index (χ3v) is 13.8. The molecule has 390 valence electrons. The first-order chi connectivity index (χ1) is 32.5. The summed E-state index contributed by atoms with van der Waals surface area (Å²) >= 11 is 0. The van der Waals surface area contributed by atoms with Crippen molar-refractivity contribution in [2.24, 2.45) is 0 Å². The van der Waals surface area contributed by atoms with Gasteiger partial charge in [0.2, 0.25) is 5.91 Å². The summed E-state index contributed by atoms with van der Waals surface area (Å²) in [6, 6.07) is -0.700. The molecule has 0 aromatic heterocycles. The molecule has 0 saturated heterocycles. The van der Waals surface area contributed by atoms with Gasteiger partial charge in [0.1, 0.15) is 6.10 Å². The van der Waals surface area contributed by atoms with E-state index in [1.807, 2.05) is 0 Å². The fraction of sp³-hybridized carbons (Fsp3) is 0.900. The van der Waals surface area contributed by atoms with Crippen LogP contribution in [0, 0.1) is 0 Å². The minimum Gasteiger partial charge on any atom is -0.462 e. The number of esters is 1. The smallest absolute Gasteiger partial charge is 0.306 e. The number of amides is 1. The molecule has 0 rings (SSSR count). The van der Waals surface area contributed by atoms with Gasteiger partial charge < -0.3 is 20.3 Å². The van der Waals surface area contributed by atoms with Gasteiger partial charge in [0.05, 0.1) is 25.2 Å². The molecule has 0 bridgehead atoms. The van der Waals surface area contributed by atoms with Crippen molar-refractivity contribution in [2.75, 3.05) is 6.61 Å². The molecule has 0 radical (unpaired) electrons. The van der Waals surface area contributed by atoms with Gasteiger partial charge in [-0.1, -0.05) is 283 Å². The maximum absolute atomic E-state index is 13.3. The quantitative estimate of drug-likeness (QED) is 0.0321. The van der Waals surface area contributed by atoms with Crippen LogP contribution >= 0.6 is 0 Å². The summed E-state index contributed by atoms with van der Waals surface area (Å²) in [5, 5.41) is 23.9. The van der Waals surface area contributed by atoms with Crippen LogP contribution in [0.1, 0.15) is 323 Å². The van der Waals surface area contributed by atoms with E-state index < -0.39 is 18.2 Å². The van der Waals surface area contributed by atoms with Gasteiger partial charge in [-0.25, -0.2) is 0 Å². The number of carbonyl (C=O) groups is 2. The minimum atomic E-state index is -0.786. The molecule has 0 fully saturated rings. The zero-order valence-corrected chi connectivity index (χ0v) is 44.6. The van der Waals surface area contributed by atoms with Gasteiger partial charge in [-0.2, -0.15) is 0 Å². The SMILES string of the molecule is CCCCC/C=C/C=C/CCCCCCCCC(=O)OC(CCCCCCCCCCCCCCCCCCC)CC(=O)NC(CO)C(O)CCCCCCCCCCCCCCCCC. The Morgan fingerprint density at radius 3 is 1.15 bits per heavy atom. The third kappa shape index (κ3) is 48.8. The number of aliphatic hydroxyl groups excluding tert-OH is 2. The number of aliphatic hydroxyl groups is 2. The van der Waals surface area contributed by atoms with E-state index in [1.54, 1.807) is 0 Å². The summed E-state index contributed by atoms with van der Waals surface area (Å²) in [6.07, 6.45) is 63.8. The highest BCUT2D eigenvalue weighted by Crippen LogP contribution is 2.19. The van der Waals surface area contributed by atoms with E-state index in [2.05, 4.69) is 50.4 Å². The minimum absolute atomic E-state index is 0.0792. The van der Waals surface area contributed by atoms with Gasteiger partial charge in [-0.15, -0.1) is 0 Å². The summed E-state index contributed by atoms with van der Waals surface area (Å²) in [7, 11) is 0. The van der Waals surface area contributed by atoms with Gasteiger partial charge in [0.25, 0.3) is 0 Å². The maximum Gasteiger partial charge on any atom is 0.306 e. The molecule has 3 N–H and O–H groups in total. The van der Waals surface area contributed by atoms with Gasteiger partial charge in [0, 0.05) is 6.42 Å². The maximum atomic E-state index is 13.3. The molecule has 66 heavy (non-hydrogen) atoms. The highest BCUT2D eigenvalue weighted by Gasteiger charge is 2.24. The van der Waals surface area contributed by atoms with Crippen LogP contribution in [0.25, 0.3) is 0 Å². The molecule has 0 aliphatic rings. The zero-order valence-electron chi connectivity index (χ0n) is 44.6. The molecular weight excluding hydrogens is 815 g/mol. The van der Waals surface area contributed by atoms with Crippen LogP contribution < -0.4 is 5.32 Å². The van der Waals surface area contributed by atoms with Crippen LogP contribution in [-0.4, -0.2) is 46.9 Å². The van der Waals surface area contributed by atoms with Gasteiger partial charge in [-0.05, 0) is 51.4 Å². The Hall–Kier alpha value is -1.66. The van der Waals surface area contributed by atoms with E-state index in [9.17, 15) is 19.8 Å². The monoisotopic (exact) mass is 930 g/mol. The van der Waals surface area contributed by atoms with Crippen molar-refractivity contribution in [3.8, 4) is 0 Å². The number of hydrogen-bond acceptors (Lipinski definition) is 5. The molecule has 0 spiro atoms. The van der Waals surface area contributed by atoms with Crippen LogP contribution in [0.4, 0.5) is 0 Å². The second-order valence-corrected chi connectivity index (χ2v) is 20.4. The Kier molecular flexibility index (Phi) is 52.9. The number of carbonyl (C=O) groups excluding carboxylic acids is 2. The zero-order chi connectivity index (χ0) is 48.1. The number of allylic oxidation sites excluding steroid dienone is 4. The van der Waals surface area contributed by atoms with Crippen LogP contribution in [0.2, 0.25) is 0 Å². The topological polar surface area (TPSA) is 95.9 Å². The van der Waals surface area contributed by atoms with E-state index in [1.165, 1.54) is 225 Å². The van der Waals surface area contributed by atoms with E-state index in [4.69, 9.17) is 4.74 Å². The summed E-state index contributed by atoms with van der Waals surface area (Å²) < 4.78 is 5.97. The van der Waals surface area contributed by atoms with Gasteiger partial charge >= 0.3 is 5.97 Å². The highest BCUT2D eigenvalue weighted by atomic mass is 16.5. The second-order valence-electron chi connectivity index (χ2n) is 20.4. The molecule has 3 atom stereocenters. The molecule has 0 aromatic rings. The van der Waals surface area contributed by atoms with E-state index in [-0.39, 0.29) is 24.9 Å². The average molecular weight is 931 g/mol. The Morgan fingerprint density at radius 1 is 0.439 bits per heavy atom. The second kappa shape index (κ2) is 54.3. The Labute approximate surface area is 411 Å². The molecule has 1 amide bonds. The molecule has 3 unspecified atom stereocenters. The van der Waals surface area contributed by atoms with Crippen molar-refractivity contribution in [3.63, 3.8) is 0 Å². The van der Waals surface area contributed by atoms with Crippen LogP contribution in [-0.2, 0) is 14.3 Å².